The number of rotatable bonds is 10. The predicted octanol–water partition coefficient (Wildman–Crippen LogP) is 3.27. The Morgan fingerprint density at radius 1 is 1.03 bits per heavy atom. The Morgan fingerprint density at radius 3 is 2.41 bits per heavy atom. The standard InChI is InChI=1S/C22H24N2O5/c1-5-12-29-18-10-8-16(13-20(18)26-4)15-23-24-22(25)17-9-11-19(27-6-2)21(14-17)28-7-3/h1,8-11,13-15H,6-7,12H2,2-4H3,(H,24,25)/b23-15+. The van der Waals surface area contributed by atoms with Crippen molar-refractivity contribution < 1.29 is 23.7 Å². The maximum Gasteiger partial charge on any atom is 0.271 e. The van der Waals surface area contributed by atoms with Crippen molar-refractivity contribution in [1.29, 1.82) is 0 Å². The van der Waals surface area contributed by atoms with Crippen LogP contribution in [0.3, 0.4) is 0 Å². The molecule has 2 aromatic carbocycles. The third-order valence-corrected chi connectivity index (χ3v) is 3.68. The normalized spacial score (nSPS) is 10.3. The molecule has 152 valence electrons. The Kier molecular flexibility index (Phi) is 8.39. The Balaban J connectivity index is 2.07. The van der Waals surface area contributed by atoms with Crippen LogP contribution < -0.4 is 24.4 Å². The van der Waals surface area contributed by atoms with E-state index in [0.717, 1.165) is 5.56 Å². The van der Waals surface area contributed by atoms with Crippen LogP contribution in [0.25, 0.3) is 0 Å². The van der Waals surface area contributed by atoms with E-state index in [1.54, 1.807) is 36.4 Å². The van der Waals surface area contributed by atoms with E-state index >= 15 is 0 Å². The fraction of sp³-hybridized carbons (Fsp3) is 0.273. The van der Waals surface area contributed by atoms with Gasteiger partial charge in [-0.2, -0.15) is 5.10 Å². The van der Waals surface area contributed by atoms with Gasteiger partial charge in [0.1, 0.15) is 6.61 Å². The molecule has 7 heteroatoms. The van der Waals surface area contributed by atoms with Crippen molar-refractivity contribution in [2.24, 2.45) is 5.10 Å². The molecule has 0 bridgehead atoms. The highest BCUT2D eigenvalue weighted by molar-refractivity contribution is 5.95. The lowest BCUT2D eigenvalue weighted by Gasteiger charge is -2.11. The summed E-state index contributed by atoms with van der Waals surface area (Å²) in [6.45, 7) is 4.86. The molecule has 0 saturated carbocycles. The van der Waals surface area contributed by atoms with Gasteiger partial charge in [0.2, 0.25) is 0 Å². The molecule has 0 heterocycles. The van der Waals surface area contributed by atoms with Gasteiger partial charge in [0, 0.05) is 5.56 Å². The Labute approximate surface area is 170 Å². The van der Waals surface area contributed by atoms with Crippen molar-refractivity contribution in [1.82, 2.24) is 5.43 Å². The van der Waals surface area contributed by atoms with Crippen molar-refractivity contribution in [2.45, 2.75) is 13.8 Å². The van der Waals surface area contributed by atoms with Crippen molar-refractivity contribution in [2.75, 3.05) is 26.9 Å². The van der Waals surface area contributed by atoms with E-state index in [2.05, 4.69) is 16.4 Å². The summed E-state index contributed by atoms with van der Waals surface area (Å²) in [5.74, 6) is 4.18. The average molecular weight is 396 g/mol. The Hall–Kier alpha value is -3.66. The van der Waals surface area contributed by atoms with Gasteiger partial charge < -0.3 is 18.9 Å². The summed E-state index contributed by atoms with van der Waals surface area (Å²) in [5, 5.41) is 3.99. The lowest BCUT2D eigenvalue weighted by molar-refractivity contribution is 0.0954. The van der Waals surface area contributed by atoms with Gasteiger partial charge in [-0.3, -0.25) is 4.79 Å². The van der Waals surface area contributed by atoms with E-state index in [9.17, 15) is 4.79 Å². The number of hydrogen-bond acceptors (Lipinski definition) is 6. The van der Waals surface area contributed by atoms with Crippen LogP contribution in [0.15, 0.2) is 41.5 Å². The molecule has 0 aromatic heterocycles. The van der Waals surface area contributed by atoms with Gasteiger partial charge in [-0.25, -0.2) is 5.43 Å². The van der Waals surface area contributed by atoms with Crippen molar-refractivity contribution in [3.63, 3.8) is 0 Å². The van der Waals surface area contributed by atoms with E-state index in [0.29, 0.717) is 41.8 Å². The minimum absolute atomic E-state index is 0.145. The van der Waals surface area contributed by atoms with Crippen molar-refractivity contribution >= 4 is 12.1 Å². The third-order valence-electron chi connectivity index (χ3n) is 3.68. The van der Waals surface area contributed by atoms with Crippen LogP contribution in [0.5, 0.6) is 23.0 Å². The second-order valence-corrected chi connectivity index (χ2v) is 5.63. The number of terminal acetylenes is 1. The maximum atomic E-state index is 12.4. The number of nitrogens with zero attached hydrogens (tertiary/aromatic N) is 1. The molecule has 0 aliphatic carbocycles. The van der Waals surface area contributed by atoms with E-state index < -0.39 is 0 Å². The number of carbonyl (C=O) groups is 1. The Bertz CT molecular complexity index is 903. The number of hydrogen-bond donors (Lipinski definition) is 1. The number of nitrogens with one attached hydrogen (secondary N) is 1. The fourth-order valence-electron chi connectivity index (χ4n) is 2.43. The molecular weight excluding hydrogens is 372 g/mol. The summed E-state index contributed by atoms with van der Waals surface area (Å²) in [6, 6.07) is 10.2. The van der Waals surface area contributed by atoms with E-state index in [1.165, 1.54) is 13.3 Å². The van der Waals surface area contributed by atoms with Gasteiger partial charge in [-0.1, -0.05) is 5.92 Å². The molecule has 0 radical (unpaired) electrons. The minimum Gasteiger partial charge on any atom is -0.493 e. The quantitative estimate of drug-likeness (QED) is 0.379. The molecule has 0 aliphatic rings. The smallest absolute Gasteiger partial charge is 0.271 e. The van der Waals surface area contributed by atoms with Crippen LogP contribution in [0.4, 0.5) is 0 Å². The molecule has 0 fully saturated rings. The highest BCUT2D eigenvalue weighted by atomic mass is 16.5. The molecule has 0 atom stereocenters. The van der Waals surface area contributed by atoms with Gasteiger partial charge in [0.25, 0.3) is 5.91 Å². The Morgan fingerprint density at radius 2 is 1.72 bits per heavy atom. The van der Waals surface area contributed by atoms with Crippen LogP contribution in [-0.2, 0) is 0 Å². The van der Waals surface area contributed by atoms with Gasteiger partial charge >= 0.3 is 0 Å². The first kappa shape index (κ1) is 21.6. The zero-order chi connectivity index (χ0) is 21.1. The molecule has 0 spiro atoms. The SMILES string of the molecule is C#CCOc1ccc(/C=N/NC(=O)c2ccc(OCC)c(OCC)c2)cc1OC. The van der Waals surface area contributed by atoms with Crippen LogP contribution in [0.2, 0.25) is 0 Å². The molecule has 2 aromatic rings. The third kappa shape index (κ3) is 6.18. The molecular formula is C22H24N2O5. The number of amides is 1. The number of benzene rings is 2. The first-order valence-electron chi connectivity index (χ1n) is 9.10. The number of hydrazone groups is 1. The fourth-order valence-corrected chi connectivity index (χ4v) is 2.43. The molecule has 1 N–H and O–H groups in total. The van der Waals surface area contributed by atoms with Gasteiger partial charge in [0.15, 0.2) is 23.0 Å². The summed E-state index contributed by atoms with van der Waals surface area (Å²) in [6.07, 6.45) is 6.70. The summed E-state index contributed by atoms with van der Waals surface area (Å²) in [5.41, 5.74) is 3.62. The number of carbonyl (C=O) groups excluding carboxylic acids is 1. The van der Waals surface area contributed by atoms with Crippen LogP contribution in [-0.4, -0.2) is 39.1 Å². The molecule has 0 aliphatic heterocycles. The molecule has 0 saturated heterocycles. The topological polar surface area (TPSA) is 78.4 Å². The van der Waals surface area contributed by atoms with Crippen LogP contribution in [0, 0.1) is 12.3 Å². The first-order chi connectivity index (χ1) is 14.1. The predicted molar refractivity (Wildman–Crippen MR) is 111 cm³/mol. The highest BCUT2D eigenvalue weighted by Crippen LogP contribution is 2.29. The molecule has 7 nitrogen and oxygen atoms in total. The van der Waals surface area contributed by atoms with Crippen molar-refractivity contribution in [3.05, 3.63) is 47.5 Å². The molecule has 2 rings (SSSR count). The van der Waals surface area contributed by atoms with Crippen LogP contribution >= 0.6 is 0 Å². The molecule has 29 heavy (non-hydrogen) atoms. The monoisotopic (exact) mass is 396 g/mol. The summed E-state index contributed by atoms with van der Waals surface area (Å²) in [7, 11) is 1.53. The number of methoxy groups -OCH3 is 1. The highest BCUT2D eigenvalue weighted by Gasteiger charge is 2.11. The minimum atomic E-state index is -0.369. The average Bonchev–Trinajstić information content (AvgIpc) is 2.74. The molecule has 1 amide bonds. The maximum absolute atomic E-state index is 12.4. The number of ether oxygens (including phenoxy) is 4. The summed E-state index contributed by atoms with van der Waals surface area (Å²) in [4.78, 5) is 12.4. The largest absolute Gasteiger partial charge is 0.493 e. The summed E-state index contributed by atoms with van der Waals surface area (Å²) >= 11 is 0. The van der Waals surface area contributed by atoms with Gasteiger partial charge in [-0.15, -0.1) is 6.42 Å². The van der Waals surface area contributed by atoms with Gasteiger partial charge in [0.05, 0.1) is 26.5 Å². The lowest BCUT2D eigenvalue weighted by atomic mass is 10.2. The second-order valence-electron chi connectivity index (χ2n) is 5.63. The zero-order valence-electron chi connectivity index (χ0n) is 16.7. The van der Waals surface area contributed by atoms with Crippen LogP contribution in [0.1, 0.15) is 29.8 Å². The van der Waals surface area contributed by atoms with Gasteiger partial charge in [-0.05, 0) is 55.8 Å². The molecule has 0 unspecified atom stereocenters. The van der Waals surface area contributed by atoms with Crippen molar-refractivity contribution in [3.8, 4) is 35.3 Å². The zero-order valence-corrected chi connectivity index (χ0v) is 16.7. The first-order valence-corrected chi connectivity index (χ1v) is 9.10. The second kappa shape index (κ2) is 11.2. The lowest BCUT2D eigenvalue weighted by Crippen LogP contribution is -2.17. The van der Waals surface area contributed by atoms with E-state index in [1.807, 2.05) is 13.8 Å². The van der Waals surface area contributed by atoms with E-state index in [-0.39, 0.29) is 12.5 Å². The summed E-state index contributed by atoms with van der Waals surface area (Å²) < 4.78 is 21.7. The van der Waals surface area contributed by atoms with E-state index in [4.69, 9.17) is 25.4 Å².